The fourth-order valence-corrected chi connectivity index (χ4v) is 2.43. The summed E-state index contributed by atoms with van der Waals surface area (Å²) in [5.41, 5.74) is 0.672. The molecule has 0 saturated heterocycles. The summed E-state index contributed by atoms with van der Waals surface area (Å²) in [5, 5.41) is 13.8. The minimum Gasteiger partial charge on any atom is -0.462 e. The molecule has 2 aromatic rings. The lowest BCUT2D eigenvalue weighted by atomic mass is 10.1. The fourth-order valence-electron chi connectivity index (χ4n) is 2.43. The van der Waals surface area contributed by atoms with E-state index in [1.165, 1.54) is 6.07 Å². The molecule has 0 fully saturated rings. The Balaban J connectivity index is 2.06. The number of nitro benzene ring substituents is 1. The van der Waals surface area contributed by atoms with Crippen molar-refractivity contribution >= 4 is 23.3 Å². The first-order chi connectivity index (χ1) is 12.9. The Morgan fingerprint density at radius 3 is 2.44 bits per heavy atom. The van der Waals surface area contributed by atoms with Gasteiger partial charge in [0.2, 0.25) is 0 Å². The molecule has 0 aliphatic carbocycles. The third-order valence-electron chi connectivity index (χ3n) is 3.83. The van der Waals surface area contributed by atoms with Gasteiger partial charge in [0.25, 0.3) is 11.6 Å². The maximum atomic E-state index is 12.4. The van der Waals surface area contributed by atoms with Crippen LogP contribution in [0.15, 0.2) is 48.5 Å². The van der Waals surface area contributed by atoms with Crippen LogP contribution in [0, 0.1) is 10.1 Å². The monoisotopic (exact) mass is 371 g/mol. The van der Waals surface area contributed by atoms with E-state index in [4.69, 9.17) is 4.74 Å². The molecular weight excluding hydrogens is 350 g/mol. The van der Waals surface area contributed by atoms with Crippen molar-refractivity contribution in [3.63, 3.8) is 0 Å². The highest BCUT2D eigenvalue weighted by molar-refractivity contribution is 5.99. The van der Waals surface area contributed by atoms with Gasteiger partial charge in [0.05, 0.1) is 17.1 Å². The van der Waals surface area contributed by atoms with Crippen molar-refractivity contribution in [2.45, 2.75) is 6.92 Å². The Morgan fingerprint density at radius 1 is 1.15 bits per heavy atom. The Labute approximate surface area is 156 Å². The van der Waals surface area contributed by atoms with Crippen LogP contribution in [0.25, 0.3) is 0 Å². The highest BCUT2D eigenvalue weighted by atomic mass is 16.6. The van der Waals surface area contributed by atoms with Gasteiger partial charge in [-0.2, -0.15) is 0 Å². The smallest absolute Gasteiger partial charge is 0.338 e. The number of amides is 1. The molecule has 27 heavy (non-hydrogen) atoms. The molecule has 0 heterocycles. The number of rotatable bonds is 8. The number of nitrogens with zero attached hydrogens (tertiary/aromatic N) is 2. The molecule has 0 bridgehead atoms. The summed E-state index contributed by atoms with van der Waals surface area (Å²) in [5.74, 6) is -1.20. The molecule has 1 N–H and O–H groups in total. The van der Waals surface area contributed by atoms with Crippen molar-refractivity contribution in [3.8, 4) is 0 Å². The molecule has 1 amide bonds. The number of hydrogen-bond acceptors (Lipinski definition) is 6. The lowest BCUT2D eigenvalue weighted by Gasteiger charge is -2.19. The number of likely N-dealkylation sites (N-methyl/N-ethyl adjacent to an activating group) is 1. The van der Waals surface area contributed by atoms with Gasteiger partial charge < -0.3 is 15.0 Å². The predicted octanol–water partition coefficient (Wildman–Crippen LogP) is 2.64. The average molecular weight is 371 g/mol. The number of non-ortho nitro benzene ring substituents is 1. The SMILES string of the molecule is CCOC(=O)c1cc(C(=O)NCCN(C)c2ccccc2)cc([N+](=O)[O-])c1. The summed E-state index contributed by atoms with van der Waals surface area (Å²) < 4.78 is 4.86. The van der Waals surface area contributed by atoms with Crippen molar-refractivity contribution in [1.29, 1.82) is 0 Å². The molecule has 2 rings (SSSR count). The summed E-state index contributed by atoms with van der Waals surface area (Å²) in [7, 11) is 1.90. The lowest BCUT2D eigenvalue weighted by molar-refractivity contribution is -0.384. The van der Waals surface area contributed by atoms with Crippen molar-refractivity contribution in [2.75, 3.05) is 31.6 Å². The third kappa shape index (κ3) is 5.53. The molecule has 0 unspecified atom stereocenters. The Kier molecular flexibility index (Phi) is 6.87. The first-order valence-corrected chi connectivity index (χ1v) is 8.43. The molecule has 8 nitrogen and oxygen atoms in total. The van der Waals surface area contributed by atoms with Crippen LogP contribution in [0.2, 0.25) is 0 Å². The number of anilines is 1. The van der Waals surface area contributed by atoms with Gasteiger partial charge in [0.15, 0.2) is 0 Å². The zero-order chi connectivity index (χ0) is 19.8. The zero-order valence-corrected chi connectivity index (χ0v) is 15.2. The van der Waals surface area contributed by atoms with Gasteiger partial charge in [-0.1, -0.05) is 18.2 Å². The van der Waals surface area contributed by atoms with Gasteiger partial charge in [-0.25, -0.2) is 4.79 Å². The van der Waals surface area contributed by atoms with Crippen LogP contribution in [-0.4, -0.2) is 43.5 Å². The Morgan fingerprint density at radius 2 is 1.81 bits per heavy atom. The van der Waals surface area contributed by atoms with E-state index in [0.717, 1.165) is 17.8 Å². The summed E-state index contributed by atoms with van der Waals surface area (Å²) in [6.07, 6.45) is 0. The molecule has 142 valence electrons. The first-order valence-electron chi connectivity index (χ1n) is 8.43. The van der Waals surface area contributed by atoms with Gasteiger partial charge in [-0.05, 0) is 25.1 Å². The van der Waals surface area contributed by atoms with Crippen molar-refractivity contribution < 1.29 is 19.2 Å². The number of carbonyl (C=O) groups excluding carboxylic acids is 2. The molecule has 0 aliphatic heterocycles. The molecule has 8 heteroatoms. The molecule has 0 saturated carbocycles. The molecule has 0 aromatic heterocycles. The summed E-state index contributed by atoms with van der Waals surface area (Å²) in [6.45, 7) is 2.65. The van der Waals surface area contributed by atoms with Crippen molar-refractivity contribution in [3.05, 3.63) is 69.8 Å². The van der Waals surface area contributed by atoms with Crippen LogP contribution in [0.4, 0.5) is 11.4 Å². The van der Waals surface area contributed by atoms with Crippen LogP contribution in [0.3, 0.4) is 0 Å². The number of para-hydroxylation sites is 1. The normalized spacial score (nSPS) is 10.1. The Bertz CT molecular complexity index is 823. The van der Waals surface area contributed by atoms with E-state index in [0.29, 0.717) is 13.1 Å². The second-order valence-electron chi connectivity index (χ2n) is 5.76. The molecule has 0 spiro atoms. The standard InChI is InChI=1S/C19H21N3O5/c1-3-27-19(24)15-11-14(12-17(13-15)22(25)26)18(23)20-9-10-21(2)16-7-5-4-6-8-16/h4-8,11-13H,3,9-10H2,1-2H3,(H,20,23). The minimum absolute atomic E-state index is 0.0300. The fraction of sp³-hybridized carbons (Fsp3) is 0.263. The molecular formula is C19H21N3O5. The predicted molar refractivity (Wildman–Crippen MR) is 101 cm³/mol. The number of hydrogen-bond donors (Lipinski definition) is 1. The summed E-state index contributed by atoms with van der Waals surface area (Å²) in [6, 6.07) is 13.2. The van der Waals surface area contributed by atoms with Crippen LogP contribution in [0.1, 0.15) is 27.6 Å². The van der Waals surface area contributed by atoms with E-state index in [1.807, 2.05) is 42.3 Å². The number of nitrogens with one attached hydrogen (secondary N) is 1. The summed E-state index contributed by atoms with van der Waals surface area (Å²) >= 11 is 0. The van der Waals surface area contributed by atoms with Crippen molar-refractivity contribution in [2.24, 2.45) is 0 Å². The lowest BCUT2D eigenvalue weighted by Crippen LogP contribution is -2.33. The van der Waals surface area contributed by atoms with E-state index in [-0.39, 0.29) is 23.4 Å². The van der Waals surface area contributed by atoms with Crippen LogP contribution >= 0.6 is 0 Å². The van der Waals surface area contributed by atoms with Crippen LogP contribution in [0.5, 0.6) is 0 Å². The topological polar surface area (TPSA) is 102 Å². The minimum atomic E-state index is -0.709. The maximum Gasteiger partial charge on any atom is 0.338 e. The molecule has 0 radical (unpaired) electrons. The number of carbonyl (C=O) groups is 2. The molecule has 2 aromatic carbocycles. The van der Waals surface area contributed by atoms with Gasteiger partial charge in [-0.15, -0.1) is 0 Å². The number of ether oxygens (including phenoxy) is 1. The zero-order valence-electron chi connectivity index (χ0n) is 15.2. The van der Waals surface area contributed by atoms with Gasteiger partial charge in [0.1, 0.15) is 0 Å². The van der Waals surface area contributed by atoms with Crippen molar-refractivity contribution in [1.82, 2.24) is 5.32 Å². The van der Waals surface area contributed by atoms with E-state index in [1.54, 1.807) is 6.92 Å². The van der Waals surface area contributed by atoms with Crippen LogP contribution < -0.4 is 10.2 Å². The second-order valence-corrected chi connectivity index (χ2v) is 5.76. The number of benzene rings is 2. The van der Waals surface area contributed by atoms with E-state index < -0.39 is 16.8 Å². The van der Waals surface area contributed by atoms with E-state index >= 15 is 0 Å². The Hall–Kier alpha value is -3.42. The quantitative estimate of drug-likeness (QED) is 0.435. The first kappa shape index (κ1) is 19.9. The highest BCUT2D eigenvalue weighted by Gasteiger charge is 2.18. The van der Waals surface area contributed by atoms with Gasteiger partial charge >= 0.3 is 5.97 Å². The van der Waals surface area contributed by atoms with E-state index in [2.05, 4.69) is 5.32 Å². The summed E-state index contributed by atoms with van der Waals surface area (Å²) in [4.78, 5) is 36.6. The third-order valence-corrected chi connectivity index (χ3v) is 3.83. The number of esters is 1. The molecule has 0 atom stereocenters. The maximum absolute atomic E-state index is 12.4. The number of nitro groups is 1. The largest absolute Gasteiger partial charge is 0.462 e. The molecule has 0 aliphatic rings. The highest BCUT2D eigenvalue weighted by Crippen LogP contribution is 2.18. The van der Waals surface area contributed by atoms with E-state index in [9.17, 15) is 19.7 Å². The second kappa shape index (κ2) is 9.33. The van der Waals surface area contributed by atoms with Crippen LogP contribution in [-0.2, 0) is 4.74 Å². The average Bonchev–Trinajstić information content (AvgIpc) is 2.68. The van der Waals surface area contributed by atoms with Gasteiger partial charge in [0, 0.05) is 43.5 Å². The van der Waals surface area contributed by atoms with Gasteiger partial charge in [-0.3, -0.25) is 14.9 Å².